The predicted octanol–water partition coefficient (Wildman–Crippen LogP) is 2.88. The number of amides is 1. The van der Waals surface area contributed by atoms with E-state index >= 15 is 0 Å². The Morgan fingerprint density at radius 3 is 2.67 bits per heavy atom. The largest absolute Gasteiger partial charge is 0.308 e. The summed E-state index contributed by atoms with van der Waals surface area (Å²) in [5, 5.41) is 10.1. The number of carbonyl (C=O) groups is 1. The number of nitrogens with zero attached hydrogens (tertiary/aromatic N) is 4. The van der Waals surface area contributed by atoms with E-state index in [9.17, 15) is 4.79 Å². The standard InChI is InChI=1S/C15H12N4OS/c1-19(12-7-8-16-17-9-12)15(20)13-10-21-14(18-13)11-5-3-2-4-6-11/h2-10H,1H3. The van der Waals surface area contributed by atoms with Crippen molar-refractivity contribution >= 4 is 22.9 Å². The molecule has 1 aromatic carbocycles. The highest BCUT2D eigenvalue weighted by Crippen LogP contribution is 2.24. The topological polar surface area (TPSA) is 59.0 Å². The maximum absolute atomic E-state index is 12.4. The van der Waals surface area contributed by atoms with Crippen molar-refractivity contribution in [2.24, 2.45) is 0 Å². The van der Waals surface area contributed by atoms with Crippen molar-refractivity contribution in [2.75, 3.05) is 11.9 Å². The van der Waals surface area contributed by atoms with Crippen LogP contribution in [0.4, 0.5) is 5.69 Å². The molecule has 0 spiro atoms. The number of thiazole rings is 1. The zero-order valence-electron chi connectivity index (χ0n) is 11.3. The van der Waals surface area contributed by atoms with Crippen LogP contribution in [0.5, 0.6) is 0 Å². The van der Waals surface area contributed by atoms with Gasteiger partial charge in [-0.25, -0.2) is 4.98 Å². The van der Waals surface area contributed by atoms with Crippen molar-refractivity contribution in [1.29, 1.82) is 0 Å². The van der Waals surface area contributed by atoms with E-state index in [0.29, 0.717) is 11.4 Å². The molecular formula is C15H12N4OS. The van der Waals surface area contributed by atoms with E-state index < -0.39 is 0 Å². The molecule has 0 aliphatic rings. The molecule has 0 bridgehead atoms. The third-order valence-electron chi connectivity index (χ3n) is 3.00. The van der Waals surface area contributed by atoms with Gasteiger partial charge < -0.3 is 4.90 Å². The number of hydrogen-bond acceptors (Lipinski definition) is 5. The smallest absolute Gasteiger partial charge is 0.277 e. The second-order valence-electron chi connectivity index (χ2n) is 4.37. The lowest BCUT2D eigenvalue weighted by Gasteiger charge is -2.14. The molecule has 21 heavy (non-hydrogen) atoms. The van der Waals surface area contributed by atoms with Crippen LogP contribution in [0.15, 0.2) is 54.2 Å². The van der Waals surface area contributed by atoms with Gasteiger partial charge in [-0.3, -0.25) is 4.79 Å². The van der Waals surface area contributed by atoms with E-state index in [-0.39, 0.29) is 5.91 Å². The van der Waals surface area contributed by atoms with Gasteiger partial charge in [-0.2, -0.15) is 10.2 Å². The first-order valence-corrected chi connectivity index (χ1v) is 7.19. The summed E-state index contributed by atoms with van der Waals surface area (Å²) >= 11 is 1.46. The molecule has 0 N–H and O–H groups in total. The minimum Gasteiger partial charge on any atom is -0.308 e. The van der Waals surface area contributed by atoms with E-state index in [4.69, 9.17) is 0 Å². The predicted molar refractivity (Wildman–Crippen MR) is 82.3 cm³/mol. The fourth-order valence-corrected chi connectivity index (χ4v) is 2.66. The Hall–Kier alpha value is -2.60. The van der Waals surface area contributed by atoms with E-state index in [1.165, 1.54) is 16.2 Å². The Balaban J connectivity index is 1.85. The summed E-state index contributed by atoms with van der Waals surface area (Å²) in [5.74, 6) is -0.165. The fraction of sp³-hybridized carbons (Fsp3) is 0.0667. The summed E-state index contributed by atoms with van der Waals surface area (Å²) < 4.78 is 0. The lowest BCUT2D eigenvalue weighted by Crippen LogP contribution is -2.26. The molecule has 0 radical (unpaired) electrons. The van der Waals surface area contributed by atoms with E-state index in [1.807, 2.05) is 30.3 Å². The van der Waals surface area contributed by atoms with Gasteiger partial charge in [0.2, 0.25) is 0 Å². The van der Waals surface area contributed by atoms with Crippen LogP contribution >= 0.6 is 11.3 Å². The fourth-order valence-electron chi connectivity index (χ4n) is 1.86. The molecule has 0 saturated carbocycles. The Morgan fingerprint density at radius 1 is 1.14 bits per heavy atom. The SMILES string of the molecule is CN(C(=O)c1csc(-c2ccccc2)n1)c1ccnnc1. The van der Waals surface area contributed by atoms with Gasteiger partial charge in [0, 0.05) is 18.0 Å². The molecule has 6 heteroatoms. The normalized spacial score (nSPS) is 10.3. The summed E-state index contributed by atoms with van der Waals surface area (Å²) in [6, 6.07) is 11.5. The molecule has 2 aromatic heterocycles. The zero-order valence-corrected chi connectivity index (χ0v) is 12.1. The number of rotatable bonds is 3. The van der Waals surface area contributed by atoms with E-state index in [0.717, 1.165) is 10.6 Å². The number of benzene rings is 1. The van der Waals surface area contributed by atoms with Gasteiger partial charge in [-0.1, -0.05) is 30.3 Å². The Bertz CT molecular complexity index is 743. The molecule has 104 valence electrons. The summed E-state index contributed by atoms with van der Waals surface area (Å²) in [5.41, 5.74) is 2.12. The number of hydrogen-bond donors (Lipinski definition) is 0. The van der Waals surface area contributed by atoms with E-state index in [1.54, 1.807) is 30.9 Å². The second kappa shape index (κ2) is 5.80. The Labute approximate surface area is 125 Å². The molecule has 0 aliphatic carbocycles. The summed E-state index contributed by atoms with van der Waals surface area (Å²) in [4.78, 5) is 18.3. The summed E-state index contributed by atoms with van der Waals surface area (Å²) in [6.45, 7) is 0. The number of aromatic nitrogens is 3. The highest BCUT2D eigenvalue weighted by atomic mass is 32.1. The minimum absolute atomic E-state index is 0.165. The second-order valence-corrected chi connectivity index (χ2v) is 5.23. The van der Waals surface area contributed by atoms with Crippen LogP contribution in [0.25, 0.3) is 10.6 Å². The Morgan fingerprint density at radius 2 is 1.95 bits per heavy atom. The zero-order chi connectivity index (χ0) is 14.7. The lowest BCUT2D eigenvalue weighted by atomic mass is 10.2. The summed E-state index contributed by atoms with van der Waals surface area (Å²) in [7, 11) is 1.70. The molecule has 0 saturated heterocycles. The molecule has 5 nitrogen and oxygen atoms in total. The Kier molecular flexibility index (Phi) is 3.70. The van der Waals surface area contributed by atoms with Crippen molar-refractivity contribution < 1.29 is 4.79 Å². The van der Waals surface area contributed by atoms with Crippen molar-refractivity contribution in [3.8, 4) is 10.6 Å². The monoisotopic (exact) mass is 296 g/mol. The first-order chi connectivity index (χ1) is 10.3. The average molecular weight is 296 g/mol. The number of anilines is 1. The third-order valence-corrected chi connectivity index (χ3v) is 3.90. The van der Waals surface area contributed by atoms with Gasteiger partial charge in [0.1, 0.15) is 10.7 Å². The van der Waals surface area contributed by atoms with E-state index in [2.05, 4.69) is 15.2 Å². The minimum atomic E-state index is -0.165. The van der Waals surface area contributed by atoms with Crippen LogP contribution in [-0.4, -0.2) is 28.1 Å². The molecule has 0 aliphatic heterocycles. The molecule has 0 fully saturated rings. The van der Waals surface area contributed by atoms with Gasteiger partial charge in [0.25, 0.3) is 5.91 Å². The third kappa shape index (κ3) is 2.80. The van der Waals surface area contributed by atoms with Crippen molar-refractivity contribution in [3.63, 3.8) is 0 Å². The maximum Gasteiger partial charge on any atom is 0.277 e. The molecule has 0 atom stereocenters. The molecule has 2 heterocycles. The van der Waals surface area contributed by atoms with Crippen LogP contribution in [0.2, 0.25) is 0 Å². The van der Waals surface area contributed by atoms with Crippen molar-refractivity contribution in [3.05, 3.63) is 59.9 Å². The average Bonchev–Trinajstić information content (AvgIpc) is 3.05. The highest BCUT2D eigenvalue weighted by Gasteiger charge is 2.17. The van der Waals surface area contributed by atoms with Gasteiger partial charge in [-0.15, -0.1) is 11.3 Å². The maximum atomic E-state index is 12.4. The molecule has 0 unspecified atom stereocenters. The van der Waals surface area contributed by atoms with Crippen molar-refractivity contribution in [1.82, 2.24) is 15.2 Å². The van der Waals surface area contributed by atoms with Crippen LogP contribution in [0, 0.1) is 0 Å². The number of carbonyl (C=O) groups excluding carboxylic acids is 1. The molecule has 3 aromatic rings. The molecule has 3 rings (SSSR count). The van der Waals surface area contributed by atoms with Gasteiger partial charge in [-0.05, 0) is 6.07 Å². The van der Waals surface area contributed by atoms with Crippen LogP contribution < -0.4 is 4.90 Å². The first-order valence-electron chi connectivity index (χ1n) is 6.31. The molecular weight excluding hydrogens is 284 g/mol. The van der Waals surface area contributed by atoms with Gasteiger partial charge in [0.15, 0.2) is 0 Å². The lowest BCUT2D eigenvalue weighted by molar-refractivity contribution is 0.0989. The summed E-state index contributed by atoms with van der Waals surface area (Å²) in [6.07, 6.45) is 3.10. The van der Waals surface area contributed by atoms with Crippen LogP contribution in [0.3, 0.4) is 0 Å². The highest BCUT2D eigenvalue weighted by molar-refractivity contribution is 7.13. The van der Waals surface area contributed by atoms with Crippen molar-refractivity contribution in [2.45, 2.75) is 0 Å². The quantitative estimate of drug-likeness (QED) is 0.745. The van der Waals surface area contributed by atoms with Gasteiger partial charge >= 0.3 is 0 Å². The van der Waals surface area contributed by atoms with Crippen LogP contribution in [0.1, 0.15) is 10.5 Å². The first kappa shape index (κ1) is 13.4. The molecule has 1 amide bonds. The van der Waals surface area contributed by atoms with Gasteiger partial charge in [0.05, 0.1) is 18.1 Å². The van der Waals surface area contributed by atoms with Crippen LogP contribution in [-0.2, 0) is 0 Å².